The van der Waals surface area contributed by atoms with Gasteiger partial charge in [0.2, 0.25) is 0 Å². The monoisotopic (exact) mass is 382 g/mol. The third kappa shape index (κ3) is 3.47. The summed E-state index contributed by atoms with van der Waals surface area (Å²) in [5.41, 5.74) is 2.33. The zero-order valence-corrected chi connectivity index (χ0v) is 14.8. The number of carbonyl (C=O) groups is 2. The van der Waals surface area contributed by atoms with Crippen LogP contribution in [0.5, 0.6) is 0 Å². The van der Waals surface area contributed by atoms with Crippen LogP contribution in [0.1, 0.15) is 10.4 Å². The maximum absolute atomic E-state index is 12.7. The van der Waals surface area contributed by atoms with E-state index in [0.717, 1.165) is 5.56 Å². The summed E-state index contributed by atoms with van der Waals surface area (Å²) in [5, 5.41) is 12.6. The van der Waals surface area contributed by atoms with Crippen molar-refractivity contribution in [1.82, 2.24) is 20.5 Å². The molecule has 1 fully saturated rings. The Morgan fingerprint density at radius 1 is 1.22 bits per heavy atom. The van der Waals surface area contributed by atoms with Crippen molar-refractivity contribution in [3.63, 3.8) is 0 Å². The number of H-pyrrole nitrogens is 1. The number of nitrogens with one attached hydrogen (secondary N) is 3. The van der Waals surface area contributed by atoms with Crippen LogP contribution in [0, 0.1) is 0 Å². The van der Waals surface area contributed by atoms with E-state index >= 15 is 0 Å². The molecule has 1 aliphatic heterocycles. The third-order valence-corrected chi connectivity index (χ3v) is 4.48. The Morgan fingerprint density at radius 3 is 2.85 bits per heavy atom. The van der Waals surface area contributed by atoms with Crippen LogP contribution in [0.4, 0.5) is 16.2 Å². The Labute approximate surface area is 159 Å². The van der Waals surface area contributed by atoms with E-state index in [2.05, 4.69) is 25.8 Å². The Bertz CT molecular complexity index is 1000. The summed E-state index contributed by atoms with van der Waals surface area (Å²) < 4.78 is 0. The van der Waals surface area contributed by atoms with Gasteiger partial charge in [-0.2, -0.15) is 5.10 Å². The molecule has 1 saturated heterocycles. The molecule has 0 saturated carbocycles. The van der Waals surface area contributed by atoms with E-state index in [1.807, 2.05) is 12.1 Å². The van der Waals surface area contributed by atoms with Gasteiger partial charge in [0.1, 0.15) is 6.33 Å². The van der Waals surface area contributed by atoms with Crippen molar-refractivity contribution in [3.8, 4) is 11.4 Å². The van der Waals surface area contributed by atoms with Crippen LogP contribution in [-0.2, 0) is 0 Å². The van der Waals surface area contributed by atoms with Gasteiger partial charge in [0.25, 0.3) is 5.91 Å². The Balaban J connectivity index is 1.57. The normalized spacial score (nSPS) is 13.5. The minimum absolute atomic E-state index is 0.228. The first-order valence-electron chi connectivity index (χ1n) is 8.24. The third-order valence-electron chi connectivity index (χ3n) is 4.16. The van der Waals surface area contributed by atoms with E-state index in [0.29, 0.717) is 40.9 Å². The van der Waals surface area contributed by atoms with Gasteiger partial charge in [-0.05, 0) is 30.3 Å². The number of hydrogen-bond acceptors (Lipinski definition) is 4. The van der Waals surface area contributed by atoms with Gasteiger partial charge in [-0.3, -0.25) is 14.8 Å². The highest BCUT2D eigenvalue weighted by Crippen LogP contribution is 2.28. The first-order chi connectivity index (χ1) is 13.1. The van der Waals surface area contributed by atoms with E-state index in [1.165, 1.54) is 11.2 Å². The molecule has 1 aliphatic rings. The number of aromatic nitrogens is 3. The number of nitrogens with zero attached hydrogens (tertiary/aromatic N) is 3. The zero-order chi connectivity index (χ0) is 18.8. The van der Waals surface area contributed by atoms with E-state index in [-0.39, 0.29) is 11.9 Å². The zero-order valence-electron chi connectivity index (χ0n) is 14.1. The van der Waals surface area contributed by atoms with Gasteiger partial charge < -0.3 is 10.6 Å². The minimum Gasteiger partial charge on any atom is -0.336 e. The summed E-state index contributed by atoms with van der Waals surface area (Å²) in [6, 6.07) is 11.9. The van der Waals surface area contributed by atoms with E-state index in [4.69, 9.17) is 11.6 Å². The van der Waals surface area contributed by atoms with Crippen LogP contribution in [0.3, 0.4) is 0 Å². The lowest BCUT2D eigenvalue weighted by Crippen LogP contribution is -2.28. The fourth-order valence-corrected chi connectivity index (χ4v) is 3.07. The lowest BCUT2D eigenvalue weighted by Gasteiger charge is -2.17. The molecule has 8 nitrogen and oxygen atoms in total. The fraction of sp³-hybridized carbons (Fsp3) is 0.111. The van der Waals surface area contributed by atoms with E-state index in [9.17, 15) is 9.59 Å². The number of urea groups is 1. The minimum atomic E-state index is -0.303. The van der Waals surface area contributed by atoms with Crippen molar-refractivity contribution >= 4 is 34.9 Å². The van der Waals surface area contributed by atoms with Crippen LogP contribution < -0.4 is 15.5 Å². The molecule has 0 bridgehead atoms. The fourth-order valence-electron chi connectivity index (χ4n) is 2.85. The van der Waals surface area contributed by atoms with Crippen LogP contribution in [0.15, 0.2) is 48.8 Å². The lowest BCUT2D eigenvalue weighted by atomic mass is 10.1. The molecule has 3 N–H and O–H groups in total. The molecule has 0 atom stereocenters. The molecule has 2 aromatic carbocycles. The lowest BCUT2D eigenvalue weighted by molar-refractivity contribution is 0.102. The number of amides is 3. The summed E-state index contributed by atoms with van der Waals surface area (Å²) >= 11 is 6.21. The molecule has 0 spiro atoms. The Hall–Kier alpha value is -3.39. The first-order valence-corrected chi connectivity index (χ1v) is 8.62. The quantitative estimate of drug-likeness (QED) is 0.645. The first kappa shape index (κ1) is 17.0. The molecule has 0 unspecified atom stereocenters. The summed E-state index contributed by atoms with van der Waals surface area (Å²) in [7, 11) is 0. The Morgan fingerprint density at radius 2 is 2.11 bits per heavy atom. The molecular formula is C18H15ClN6O2. The number of carbonyl (C=O) groups excluding carboxylic acids is 2. The smallest absolute Gasteiger partial charge is 0.322 e. The number of hydrogen-bond donors (Lipinski definition) is 3. The molecule has 0 radical (unpaired) electrons. The van der Waals surface area contributed by atoms with Gasteiger partial charge in [0, 0.05) is 29.9 Å². The number of benzene rings is 2. The van der Waals surface area contributed by atoms with Crippen molar-refractivity contribution in [1.29, 1.82) is 0 Å². The topological polar surface area (TPSA) is 103 Å². The summed E-state index contributed by atoms with van der Waals surface area (Å²) in [6.07, 6.45) is 1.42. The molecular weight excluding hydrogens is 368 g/mol. The molecule has 3 amide bonds. The maximum Gasteiger partial charge on any atom is 0.322 e. The number of aromatic amines is 1. The number of rotatable bonds is 4. The van der Waals surface area contributed by atoms with Crippen molar-refractivity contribution in [2.24, 2.45) is 0 Å². The van der Waals surface area contributed by atoms with Crippen molar-refractivity contribution in [2.75, 3.05) is 23.3 Å². The molecule has 136 valence electrons. The maximum atomic E-state index is 12.7. The molecule has 3 aromatic rings. The highest BCUT2D eigenvalue weighted by Gasteiger charge is 2.24. The van der Waals surface area contributed by atoms with Crippen LogP contribution in [-0.4, -0.2) is 40.2 Å². The second-order valence-corrected chi connectivity index (χ2v) is 6.33. The number of halogens is 1. The average molecular weight is 383 g/mol. The Kier molecular flexibility index (Phi) is 4.47. The van der Waals surface area contributed by atoms with Gasteiger partial charge >= 0.3 is 6.03 Å². The predicted octanol–water partition coefficient (Wildman–Crippen LogP) is 2.91. The second-order valence-electron chi connectivity index (χ2n) is 5.92. The van der Waals surface area contributed by atoms with Crippen LogP contribution >= 0.6 is 11.6 Å². The summed E-state index contributed by atoms with van der Waals surface area (Å²) in [5.74, 6) is 0.308. The van der Waals surface area contributed by atoms with Gasteiger partial charge in [0.05, 0.1) is 10.7 Å². The second kappa shape index (κ2) is 7.08. The highest BCUT2D eigenvalue weighted by atomic mass is 35.5. The average Bonchev–Trinajstić information content (AvgIpc) is 3.34. The van der Waals surface area contributed by atoms with E-state index in [1.54, 1.807) is 30.3 Å². The van der Waals surface area contributed by atoms with Gasteiger partial charge in [0.15, 0.2) is 5.82 Å². The van der Waals surface area contributed by atoms with Crippen molar-refractivity contribution in [3.05, 3.63) is 59.4 Å². The predicted molar refractivity (Wildman–Crippen MR) is 102 cm³/mol. The molecule has 1 aromatic heterocycles. The van der Waals surface area contributed by atoms with Crippen molar-refractivity contribution in [2.45, 2.75) is 0 Å². The van der Waals surface area contributed by atoms with Gasteiger partial charge in [-0.25, -0.2) is 9.78 Å². The molecule has 27 heavy (non-hydrogen) atoms. The van der Waals surface area contributed by atoms with Gasteiger partial charge in [-0.15, -0.1) is 0 Å². The van der Waals surface area contributed by atoms with Gasteiger partial charge in [-0.1, -0.05) is 23.7 Å². The van der Waals surface area contributed by atoms with Crippen LogP contribution in [0.2, 0.25) is 5.02 Å². The standard InChI is InChI=1S/C18H15ClN6O2/c19-14-5-4-12(9-15(14)25-7-6-20-18(25)27)17(26)23-13-3-1-2-11(8-13)16-21-10-22-24-16/h1-5,8-10H,6-7H2,(H,20,27)(H,23,26)(H,21,22,24). The number of anilines is 2. The molecule has 0 aliphatic carbocycles. The highest BCUT2D eigenvalue weighted by molar-refractivity contribution is 6.34. The SMILES string of the molecule is O=C(Nc1cccc(-c2ncn[nH]2)c1)c1ccc(Cl)c(N2CCNC2=O)c1. The molecule has 4 rings (SSSR count). The van der Waals surface area contributed by atoms with E-state index < -0.39 is 0 Å². The summed E-state index contributed by atoms with van der Waals surface area (Å²) in [4.78, 5) is 30.2. The van der Waals surface area contributed by atoms with Crippen LogP contribution in [0.25, 0.3) is 11.4 Å². The molecule has 9 heteroatoms. The molecule has 2 heterocycles. The summed E-state index contributed by atoms with van der Waals surface area (Å²) in [6.45, 7) is 1.04. The van der Waals surface area contributed by atoms with Crippen molar-refractivity contribution < 1.29 is 9.59 Å². The largest absolute Gasteiger partial charge is 0.336 e.